The molecule has 3 aromatic rings. The molecule has 0 atom stereocenters. The molecule has 0 aliphatic heterocycles. The van der Waals surface area contributed by atoms with Gasteiger partial charge in [0, 0.05) is 28.3 Å². The van der Waals surface area contributed by atoms with Crippen molar-refractivity contribution < 1.29 is 9.53 Å². The zero-order valence-electron chi connectivity index (χ0n) is 10.6. The molecule has 1 aromatic heterocycles. The van der Waals surface area contributed by atoms with Gasteiger partial charge in [0.05, 0.1) is 12.6 Å². The number of methoxy groups -OCH3 is 1. The van der Waals surface area contributed by atoms with E-state index in [0.717, 1.165) is 39.5 Å². The molecule has 3 nitrogen and oxygen atoms in total. The Balaban J connectivity index is 2.24. The first-order valence-electron chi connectivity index (χ1n) is 6.43. The van der Waals surface area contributed by atoms with Gasteiger partial charge in [0.1, 0.15) is 5.75 Å². The molecule has 0 fully saturated rings. The summed E-state index contributed by atoms with van der Waals surface area (Å²) in [6.45, 7) is 0. The van der Waals surface area contributed by atoms with Gasteiger partial charge in [0.25, 0.3) is 0 Å². The number of hydrogen-bond donors (Lipinski definition) is 1. The normalized spacial score (nSPS) is 14.3. The lowest BCUT2D eigenvalue weighted by molar-refractivity contribution is 0.0994. The van der Waals surface area contributed by atoms with Gasteiger partial charge in [0.2, 0.25) is 0 Å². The first kappa shape index (κ1) is 10.6. The minimum absolute atomic E-state index is 0.251. The van der Waals surface area contributed by atoms with Crippen LogP contribution >= 0.6 is 0 Å². The molecule has 0 bridgehead atoms. The van der Waals surface area contributed by atoms with E-state index in [1.165, 1.54) is 5.56 Å². The largest absolute Gasteiger partial charge is 0.496 e. The highest BCUT2D eigenvalue weighted by Crippen LogP contribution is 2.38. The van der Waals surface area contributed by atoms with Crippen molar-refractivity contribution in [1.29, 1.82) is 0 Å². The molecule has 0 unspecified atom stereocenters. The number of nitrogens with one attached hydrogen (secondary N) is 1. The Hall–Kier alpha value is -2.29. The fourth-order valence-corrected chi connectivity index (χ4v) is 3.14. The number of benzene rings is 2. The molecule has 0 saturated heterocycles. The van der Waals surface area contributed by atoms with E-state index in [9.17, 15) is 4.79 Å². The number of aromatic amines is 1. The molecular formula is C16H13NO2. The van der Waals surface area contributed by atoms with Crippen molar-refractivity contribution in [1.82, 2.24) is 4.98 Å². The zero-order chi connectivity index (χ0) is 13.0. The predicted octanol–water partition coefficient (Wildman–Crippen LogP) is 3.46. The van der Waals surface area contributed by atoms with E-state index in [2.05, 4.69) is 4.98 Å². The molecule has 1 heterocycles. The summed E-state index contributed by atoms with van der Waals surface area (Å²) in [6.07, 6.45) is 1.45. The highest BCUT2D eigenvalue weighted by Gasteiger charge is 2.24. The molecule has 0 amide bonds. The summed E-state index contributed by atoms with van der Waals surface area (Å²) in [5.41, 5.74) is 4.17. The highest BCUT2D eigenvalue weighted by atomic mass is 16.5. The third-order valence-electron chi connectivity index (χ3n) is 3.98. The van der Waals surface area contributed by atoms with Crippen molar-refractivity contribution in [2.45, 2.75) is 12.8 Å². The molecule has 1 N–H and O–H groups in total. The summed E-state index contributed by atoms with van der Waals surface area (Å²) in [5.74, 6) is 1.11. The molecule has 94 valence electrons. The van der Waals surface area contributed by atoms with Crippen LogP contribution in [-0.2, 0) is 6.42 Å². The number of hydrogen-bond acceptors (Lipinski definition) is 2. The second-order valence-corrected chi connectivity index (χ2v) is 4.95. The van der Waals surface area contributed by atoms with Gasteiger partial charge in [-0.3, -0.25) is 4.79 Å². The first-order chi connectivity index (χ1) is 9.29. The highest BCUT2D eigenvalue weighted by molar-refractivity contribution is 6.16. The van der Waals surface area contributed by atoms with Crippen LogP contribution in [0.15, 0.2) is 30.3 Å². The van der Waals surface area contributed by atoms with E-state index in [0.29, 0.717) is 6.42 Å². The van der Waals surface area contributed by atoms with E-state index >= 15 is 0 Å². The Morgan fingerprint density at radius 2 is 1.89 bits per heavy atom. The summed E-state index contributed by atoms with van der Waals surface area (Å²) in [4.78, 5) is 15.3. The molecule has 4 rings (SSSR count). The van der Waals surface area contributed by atoms with E-state index in [1.54, 1.807) is 7.11 Å². The van der Waals surface area contributed by atoms with Crippen LogP contribution in [0.25, 0.3) is 21.8 Å². The standard InChI is InChI=1S/C16H13NO2/c1-19-14-4-2-3-11-16(14)15-10-6-8-13(18)9(10)5-7-12(15)17-11/h2-5,7,17H,6,8H2,1H3. The summed E-state index contributed by atoms with van der Waals surface area (Å²) >= 11 is 0. The number of aryl methyl sites for hydroxylation is 1. The SMILES string of the molecule is COc1cccc2[nH]c3ccc4c(c3c12)CCC4=O. The number of ether oxygens (including phenoxy) is 1. The van der Waals surface area contributed by atoms with Crippen LogP contribution in [0, 0.1) is 0 Å². The number of rotatable bonds is 1. The molecule has 0 spiro atoms. The number of carbonyl (C=O) groups excluding carboxylic acids is 1. The van der Waals surface area contributed by atoms with Crippen LogP contribution in [0.1, 0.15) is 22.3 Å². The lowest BCUT2D eigenvalue weighted by Gasteiger charge is -2.04. The number of aromatic nitrogens is 1. The Morgan fingerprint density at radius 1 is 1.05 bits per heavy atom. The molecule has 0 saturated carbocycles. The fourth-order valence-electron chi connectivity index (χ4n) is 3.14. The number of fused-ring (bicyclic) bond motifs is 5. The lowest BCUT2D eigenvalue weighted by Crippen LogP contribution is -1.90. The third kappa shape index (κ3) is 1.30. The summed E-state index contributed by atoms with van der Waals surface area (Å²) in [6, 6.07) is 9.92. The van der Waals surface area contributed by atoms with Gasteiger partial charge >= 0.3 is 0 Å². The Bertz CT molecular complexity index is 829. The van der Waals surface area contributed by atoms with Gasteiger partial charge in [-0.25, -0.2) is 0 Å². The number of ketones is 1. The topological polar surface area (TPSA) is 42.1 Å². The van der Waals surface area contributed by atoms with Crippen molar-refractivity contribution in [3.63, 3.8) is 0 Å². The smallest absolute Gasteiger partial charge is 0.163 e. The van der Waals surface area contributed by atoms with Crippen LogP contribution in [0.4, 0.5) is 0 Å². The summed E-state index contributed by atoms with van der Waals surface area (Å²) in [5, 5.41) is 2.24. The molecule has 2 aromatic carbocycles. The van der Waals surface area contributed by atoms with Gasteiger partial charge in [-0.05, 0) is 36.2 Å². The molecule has 1 aliphatic rings. The van der Waals surface area contributed by atoms with E-state index in [-0.39, 0.29) is 5.78 Å². The molecule has 3 heteroatoms. The maximum atomic E-state index is 11.9. The monoisotopic (exact) mass is 251 g/mol. The van der Waals surface area contributed by atoms with Crippen LogP contribution in [0.5, 0.6) is 5.75 Å². The zero-order valence-corrected chi connectivity index (χ0v) is 10.6. The quantitative estimate of drug-likeness (QED) is 0.719. The minimum Gasteiger partial charge on any atom is -0.496 e. The van der Waals surface area contributed by atoms with Crippen molar-refractivity contribution in [3.05, 3.63) is 41.5 Å². The average Bonchev–Trinajstić information content (AvgIpc) is 2.98. The second-order valence-electron chi connectivity index (χ2n) is 4.95. The molecular weight excluding hydrogens is 238 g/mol. The number of Topliss-reactive ketones (excluding diaryl/α,β-unsaturated/α-hetero) is 1. The number of H-pyrrole nitrogens is 1. The molecule has 19 heavy (non-hydrogen) atoms. The van der Waals surface area contributed by atoms with Crippen molar-refractivity contribution in [2.75, 3.05) is 7.11 Å². The van der Waals surface area contributed by atoms with E-state index in [1.807, 2.05) is 30.3 Å². The maximum Gasteiger partial charge on any atom is 0.163 e. The van der Waals surface area contributed by atoms with Gasteiger partial charge < -0.3 is 9.72 Å². The molecule has 1 aliphatic carbocycles. The predicted molar refractivity (Wildman–Crippen MR) is 75.0 cm³/mol. The van der Waals surface area contributed by atoms with Gasteiger partial charge in [-0.15, -0.1) is 0 Å². The second kappa shape index (κ2) is 3.60. The average molecular weight is 251 g/mol. The van der Waals surface area contributed by atoms with Gasteiger partial charge in [0.15, 0.2) is 5.78 Å². The van der Waals surface area contributed by atoms with E-state index in [4.69, 9.17) is 4.74 Å². The molecule has 0 radical (unpaired) electrons. The summed E-state index contributed by atoms with van der Waals surface area (Å²) < 4.78 is 5.48. The van der Waals surface area contributed by atoms with Crippen molar-refractivity contribution in [2.24, 2.45) is 0 Å². The van der Waals surface area contributed by atoms with Crippen molar-refractivity contribution in [3.8, 4) is 5.75 Å². The van der Waals surface area contributed by atoms with Gasteiger partial charge in [-0.2, -0.15) is 0 Å². The van der Waals surface area contributed by atoms with Crippen LogP contribution in [-0.4, -0.2) is 17.9 Å². The minimum atomic E-state index is 0.251. The lowest BCUT2D eigenvalue weighted by atomic mass is 10.0. The fraction of sp³-hybridized carbons (Fsp3) is 0.188. The van der Waals surface area contributed by atoms with Gasteiger partial charge in [-0.1, -0.05) is 6.07 Å². The first-order valence-corrected chi connectivity index (χ1v) is 6.43. The van der Waals surface area contributed by atoms with E-state index < -0.39 is 0 Å². The van der Waals surface area contributed by atoms with Crippen LogP contribution < -0.4 is 4.74 Å². The van der Waals surface area contributed by atoms with Crippen molar-refractivity contribution >= 4 is 27.6 Å². The Morgan fingerprint density at radius 3 is 2.74 bits per heavy atom. The Labute approximate surface area is 110 Å². The van der Waals surface area contributed by atoms with Crippen LogP contribution in [0.2, 0.25) is 0 Å². The van der Waals surface area contributed by atoms with Crippen LogP contribution in [0.3, 0.4) is 0 Å². The number of carbonyl (C=O) groups is 1. The summed E-state index contributed by atoms with van der Waals surface area (Å²) in [7, 11) is 1.68. The maximum absolute atomic E-state index is 11.9. The third-order valence-corrected chi connectivity index (χ3v) is 3.98. The Kier molecular flexibility index (Phi) is 2.01.